The highest BCUT2D eigenvalue weighted by Crippen LogP contribution is 2.35. The summed E-state index contributed by atoms with van der Waals surface area (Å²) in [6.07, 6.45) is 1.28. The smallest absolute Gasteiger partial charge is 0.355 e. The number of pyridine rings is 1. The molecule has 2 aliphatic heterocycles. The topological polar surface area (TPSA) is 50.1 Å². The molecule has 0 bridgehead atoms. The van der Waals surface area contributed by atoms with Crippen molar-refractivity contribution >= 4 is 5.82 Å². The molecule has 6 nitrogen and oxygen atoms in total. The van der Waals surface area contributed by atoms with Crippen LogP contribution in [0.2, 0.25) is 0 Å². The van der Waals surface area contributed by atoms with E-state index in [0.29, 0.717) is 24.3 Å². The molecule has 134 valence electrons. The number of nitrogens with zero attached hydrogens (tertiary/aromatic N) is 6. The standard InChI is InChI=1S/C16H19F3N6/c17-16(18,19)13-1-3-20-15(9-13)24-10-12-2-6-23(14(12)11-24)7-8-25-21-4-5-22-25/h1,3-5,9,12,14H,2,6-8,10-11H2. The van der Waals surface area contributed by atoms with Gasteiger partial charge in [0.1, 0.15) is 5.82 Å². The van der Waals surface area contributed by atoms with Crippen molar-refractivity contribution in [1.29, 1.82) is 0 Å². The van der Waals surface area contributed by atoms with Crippen molar-refractivity contribution in [3.63, 3.8) is 0 Å². The molecule has 2 aliphatic rings. The SMILES string of the molecule is FC(F)(F)c1ccnc(N2CC3CCN(CCn4nccn4)C3C2)c1. The molecule has 0 aromatic carbocycles. The van der Waals surface area contributed by atoms with Crippen LogP contribution >= 0.6 is 0 Å². The molecule has 4 heterocycles. The molecular formula is C16H19F3N6. The molecule has 4 rings (SSSR count). The second-order valence-corrected chi connectivity index (χ2v) is 6.58. The van der Waals surface area contributed by atoms with Gasteiger partial charge in [0, 0.05) is 31.9 Å². The van der Waals surface area contributed by atoms with Gasteiger partial charge in [-0.25, -0.2) is 4.98 Å². The van der Waals surface area contributed by atoms with E-state index >= 15 is 0 Å². The summed E-state index contributed by atoms with van der Waals surface area (Å²) in [5.74, 6) is 0.889. The van der Waals surface area contributed by atoms with Crippen molar-refractivity contribution in [2.45, 2.75) is 25.2 Å². The minimum Gasteiger partial charge on any atom is -0.355 e. The first-order valence-corrected chi connectivity index (χ1v) is 8.37. The summed E-state index contributed by atoms with van der Waals surface area (Å²) in [4.78, 5) is 10.2. The van der Waals surface area contributed by atoms with E-state index in [4.69, 9.17) is 0 Å². The molecular weight excluding hydrogens is 333 g/mol. The number of aromatic nitrogens is 4. The van der Waals surface area contributed by atoms with Crippen LogP contribution in [0.5, 0.6) is 0 Å². The van der Waals surface area contributed by atoms with Gasteiger partial charge in [0.2, 0.25) is 0 Å². The molecule has 2 atom stereocenters. The molecule has 2 saturated heterocycles. The fourth-order valence-corrected chi connectivity index (χ4v) is 3.86. The van der Waals surface area contributed by atoms with Crippen LogP contribution in [0.1, 0.15) is 12.0 Å². The lowest BCUT2D eigenvalue weighted by Crippen LogP contribution is -2.37. The summed E-state index contributed by atoms with van der Waals surface area (Å²) in [5.41, 5.74) is -0.642. The average Bonchev–Trinajstić information content (AvgIpc) is 3.30. The van der Waals surface area contributed by atoms with Gasteiger partial charge in [0.25, 0.3) is 0 Å². The van der Waals surface area contributed by atoms with Gasteiger partial charge in [0.15, 0.2) is 0 Å². The first-order chi connectivity index (χ1) is 12.0. The third-order valence-corrected chi connectivity index (χ3v) is 5.11. The van der Waals surface area contributed by atoms with Crippen LogP contribution in [0.25, 0.3) is 0 Å². The fraction of sp³-hybridized carbons (Fsp3) is 0.562. The molecule has 0 N–H and O–H groups in total. The molecule has 0 aliphatic carbocycles. The van der Waals surface area contributed by atoms with Crippen LogP contribution in [0.3, 0.4) is 0 Å². The second kappa shape index (κ2) is 6.29. The molecule has 25 heavy (non-hydrogen) atoms. The van der Waals surface area contributed by atoms with Crippen LogP contribution in [0.4, 0.5) is 19.0 Å². The number of likely N-dealkylation sites (tertiary alicyclic amines) is 1. The Hall–Kier alpha value is -2.16. The second-order valence-electron chi connectivity index (χ2n) is 6.58. The van der Waals surface area contributed by atoms with E-state index in [1.807, 2.05) is 4.90 Å². The van der Waals surface area contributed by atoms with Crippen LogP contribution in [0.15, 0.2) is 30.7 Å². The molecule has 0 spiro atoms. The molecule has 0 radical (unpaired) electrons. The van der Waals surface area contributed by atoms with Gasteiger partial charge in [0.05, 0.1) is 24.5 Å². The summed E-state index contributed by atoms with van der Waals surface area (Å²) in [6, 6.07) is 2.52. The Kier molecular flexibility index (Phi) is 4.10. The van der Waals surface area contributed by atoms with Gasteiger partial charge in [-0.2, -0.15) is 28.2 Å². The maximum absolute atomic E-state index is 12.9. The van der Waals surface area contributed by atoms with Gasteiger partial charge in [-0.3, -0.25) is 4.90 Å². The van der Waals surface area contributed by atoms with Crippen molar-refractivity contribution in [3.05, 3.63) is 36.3 Å². The zero-order valence-electron chi connectivity index (χ0n) is 13.6. The number of halogens is 3. The number of rotatable bonds is 4. The maximum Gasteiger partial charge on any atom is 0.416 e. The molecule has 0 amide bonds. The van der Waals surface area contributed by atoms with Gasteiger partial charge in [-0.1, -0.05) is 0 Å². The minimum atomic E-state index is -4.34. The average molecular weight is 352 g/mol. The Balaban J connectivity index is 1.42. The normalized spacial score (nSPS) is 24.0. The number of anilines is 1. The summed E-state index contributed by atoms with van der Waals surface area (Å²) >= 11 is 0. The van der Waals surface area contributed by atoms with Gasteiger partial charge >= 0.3 is 6.18 Å². The molecule has 2 aromatic rings. The number of hydrogen-bond donors (Lipinski definition) is 0. The third kappa shape index (κ3) is 3.33. The predicted octanol–water partition coefficient (Wildman–Crippen LogP) is 1.90. The van der Waals surface area contributed by atoms with E-state index in [9.17, 15) is 13.2 Å². The lowest BCUT2D eigenvalue weighted by molar-refractivity contribution is -0.137. The quantitative estimate of drug-likeness (QED) is 0.841. The highest BCUT2D eigenvalue weighted by molar-refractivity contribution is 5.44. The summed E-state index contributed by atoms with van der Waals surface area (Å²) in [5, 5.41) is 8.22. The van der Waals surface area contributed by atoms with E-state index in [-0.39, 0.29) is 0 Å². The maximum atomic E-state index is 12.9. The van der Waals surface area contributed by atoms with Gasteiger partial charge < -0.3 is 4.90 Å². The third-order valence-electron chi connectivity index (χ3n) is 5.11. The number of hydrogen-bond acceptors (Lipinski definition) is 5. The highest BCUT2D eigenvalue weighted by atomic mass is 19.4. The Bertz CT molecular complexity index is 717. The van der Waals surface area contributed by atoms with Crippen molar-refractivity contribution < 1.29 is 13.2 Å². The van der Waals surface area contributed by atoms with Gasteiger partial charge in [-0.05, 0) is 31.0 Å². The van der Waals surface area contributed by atoms with Crippen molar-refractivity contribution in [3.8, 4) is 0 Å². The fourth-order valence-electron chi connectivity index (χ4n) is 3.86. The lowest BCUT2D eigenvalue weighted by atomic mass is 10.1. The number of fused-ring (bicyclic) bond motifs is 1. The first-order valence-electron chi connectivity index (χ1n) is 8.37. The zero-order valence-corrected chi connectivity index (χ0v) is 13.6. The largest absolute Gasteiger partial charge is 0.416 e. The van der Waals surface area contributed by atoms with Crippen LogP contribution < -0.4 is 4.90 Å². The Morgan fingerprint density at radius 1 is 1.08 bits per heavy atom. The Morgan fingerprint density at radius 3 is 2.64 bits per heavy atom. The van der Waals surface area contributed by atoms with Crippen molar-refractivity contribution in [2.24, 2.45) is 5.92 Å². The summed E-state index contributed by atoms with van der Waals surface area (Å²) in [7, 11) is 0. The monoisotopic (exact) mass is 352 g/mol. The van der Waals surface area contributed by atoms with E-state index in [0.717, 1.165) is 44.7 Å². The van der Waals surface area contributed by atoms with Crippen LogP contribution in [-0.2, 0) is 12.7 Å². The number of alkyl halides is 3. The van der Waals surface area contributed by atoms with Crippen molar-refractivity contribution in [2.75, 3.05) is 31.1 Å². The zero-order chi connectivity index (χ0) is 17.4. The van der Waals surface area contributed by atoms with Crippen molar-refractivity contribution in [1.82, 2.24) is 24.9 Å². The Labute approximate surface area is 143 Å². The molecule has 2 fully saturated rings. The minimum absolute atomic E-state index is 0.354. The first kappa shape index (κ1) is 16.3. The lowest BCUT2D eigenvalue weighted by Gasteiger charge is -2.25. The molecule has 2 aromatic heterocycles. The molecule has 2 unspecified atom stereocenters. The van der Waals surface area contributed by atoms with E-state index in [1.165, 1.54) is 6.20 Å². The highest BCUT2D eigenvalue weighted by Gasteiger charge is 2.42. The van der Waals surface area contributed by atoms with E-state index in [1.54, 1.807) is 17.2 Å². The predicted molar refractivity (Wildman–Crippen MR) is 84.9 cm³/mol. The van der Waals surface area contributed by atoms with E-state index in [2.05, 4.69) is 20.1 Å². The van der Waals surface area contributed by atoms with E-state index < -0.39 is 11.7 Å². The summed E-state index contributed by atoms with van der Waals surface area (Å²) in [6.45, 7) is 4.05. The van der Waals surface area contributed by atoms with Crippen LogP contribution in [0, 0.1) is 5.92 Å². The molecule has 9 heteroatoms. The Morgan fingerprint density at radius 2 is 1.88 bits per heavy atom. The van der Waals surface area contributed by atoms with Gasteiger partial charge in [-0.15, -0.1) is 0 Å². The molecule has 0 saturated carbocycles. The summed E-state index contributed by atoms with van der Waals surface area (Å²) < 4.78 is 38.7. The van der Waals surface area contributed by atoms with Crippen LogP contribution in [-0.4, -0.2) is 57.1 Å².